The normalized spacial score (nSPS) is 17.4. The van der Waals surface area contributed by atoms with Gasteiger partial charge in [0.2, 0.25) is 0 Å². The fraction of sp³-hybridized carbons (Fsp3) is 0.200. The molecule has 1 heterocycles. The van der Waals surface area contributed by atoms with Crippen LogP contribution >= 0.6 is 11.3 Å². The summed E-state index contributed by atoms with van der Waals surface area (Å²) in [7, 11) is 0. The number of amides is 2. The number of urea groups is 1. The van der Waals surface area contributed by atoms with Crippen LogP contribution in [0.1, 0.15) is 34.1 Å². The number of hydrogen-bond donors (Lipinski definition) is 2. The first kappa shape index (κ1) is 12.9. The Morgan fingerprint density at radius 1 is 1.20 bits per heavy atom. The Kier molecular flexibility index (Phi) is 3.52. The molecular weight excluding hydrogens is 272 g/mol. The summed E-state index contributed by atoms with van der Waals surface area (Å²) in [4.78, 5) is 24.5. The van der Waals surface area contributed by atoms with E-state index in [0.717, 1.165) is 16.1 Å². The van der Waals surface area contributed by atoms with E-state index in [1.54, 1.807) is 0 Å². The second kappa shape index (κ2) is 5.46. The number of carbonyl (C=O) groups excluding carboxylic acids is 2. The molecule has 2 N–H and O–H groups in total. The number of thiophene rings is 1. The van der Waals surface area contributed by atoms with Crippen molar-refractivity contribution in [2.24, 2.45) is 0 Å². The summed E-state index contributed by atoms with van der Waals surface area (Å²) in [6, 6.07) is 10.9. The van der Waals surface area contributed by atoms with Gasteiger partial charge in [0.25, 0.3) is 0 Å². The highest BCUT2D eigenvalue weighted by molar-refractivity contribution is 7.12. The molecule has 0 aliphatic heterocycles. The predicted octanol–water partition coefficient (Wildman–Crippen LogP) is 3.59. The Morgan fingerprint density at radius 2 is 2.00 bits per heavy atom. The van der Waals surface area contributed by atoms with Crippen LogP contribution in [0.25, 0.3) is 0 Å². The maximum atomic E-state index is 12.0. The molecule has 1 unspecified atom stereocenters. The highest BCUT2D eigenvalue weighted by Crippen LogP contribution is 2.33. The van der Waals surface area contributed by atoms with E-state index in [4.69, 9.17) is 0 Å². The topological polar surface area (TPSA) is 58.2 Å². The molecule has 1 atom stereocenters. The van der Waals surface area contributed by atoms with Gasteiger partial charge in [0.15, 0.2) is 5.78 Å². The summed E-state index contributed by atoms with van der Waals surface area (Å²) in [6.45, 7) is 0. The molecule has 1 aromatic heterocycles. The largest absolute Gasteiger partial charge is 0.331 e. The molecule has 3 rings (SSSR count). The SMILES string of the molecule is O=C(Nc1ccccc1)NC1CCC(=O)c2sccc21. The third kappa shape index (κ3) is 2.58. The highest BCUT2D eigenvalue weighted by atomic mass is 32.1. The van der Waals surface area contributed by atoms with E-state index in [9.17, 15) is 9.59 Å². The van der Waals surface area contributed by atoms with E-state index < -0.39 is 0 Å². The Morgan fingerprint density at radius 3 is 2.80 bits per heavy atom. The van der Waals surface area contributed by atoms with Crippen LogP contribution in [0.3, 0.4) is 0 Å². The van der Waals surface area contributed by atoms with Crippen LogP contribution in [-0.2, 0) is 0 Å². The second-order valence-electron chi connectivity index (χ2n) is 4.68. The Hall–Kier alpha value is -2.14. The molecule has 2 aromatic rings. The number of rotatable bonds is 2. The van der Waals surface area contributed by atoms with Crippen molar-refractivity contribution in [2.45, 2.75) is 18.9 Å². The van der Waals surface area contributed by atoms with Crippen molar-refractivity contribution in [1.29, 1.82) is 0 Å². The van der Waals surface area contributed by atoms with E-state index in [1.807, 2.05) is 41.8 Å². The van der Waals surface area contributed by atoms with E-state index in [0.29, 0.717) is 12.8 Å². The molecule has 0 saturated carbocycles. The number of carbonyl (C=O) groups is 2. The van der Waals surface area contributed by atoms with Crippen molar-refractivity contribution in [1.82, 2.24) is 5.32 Å². The van der Waals surface area contributed by atoms with Gasteiger partial charge < -0.3 is 10.6 Å². The molecule has 0 saturated heterocycles. The maximum absolute atomic E-state index is 12.0. The first-order chi connectivity index (χ1) is 9.74. The van der Waals surface area contributed by atoms with Gasteiger partial charge in [0.1, 0.15) is 0 Å². The zero-order valence-electron chi connectivity index (χ0n) is 10.8. The number of anilines is 1. The molecule has 0 bridgehead atoms. The second-order valence-corrected chi connectivity index (χ2v) is 5.60. The average molecular weight is 286 g/mol. The maximum Gasteiger partial charge on any atom is 0.319 e. The zero-order chi connectivity index (χ0) is 13.9. The van der Waals surface area contributed by atoms with E-state index in [1.165, 1.54) is 11.3 Å². The first-order valence-electron chi connectivity index (χ1n) is 6.47. The van der Waals surface area contributed by atoms with Crippen LogP contribution in [0.15, 0.2) is 41.8 Å². The van der Waals surface area contributed by atoms with Crippen molar-refractivity contribution in [3.8, 4) is 0 Å². The Labute approximate surface area is 120 Å². The number of benzene rings is 1. The van der Waals surface area contributed by atoms with Crippen LogP contribution in [-0.4, -0.2) is 11.8 Å². The van der Waals surface area contributed by atoms with Crippen molar-refractivity contribution < 1.29 is 9.59 Å². The van der Waals surface area contributed by atoms with Gasteiger partial charge in [-0.25, -0.2) is 4.79 Å². The molecular formula is C15H14N2O2S. The quantitative estimate of drug-likeness (QED) is 0.886. The van der Waals surface area contributed by atoms with E-state index in [-0.39, 0.29) is 17.9 Å². The number of nitrogens with one attached hydrogen (secondary N) is 2. The molecule has 1 aliphatic rings. The monoisotopic (exact) mass is 286 g/mol. The molecule has 102 valence electrons. The minimum atomic E-state index is -0.243. The van der Waals surface area contributed by atoms with Crippen LogP contribution in [0.5, 0.6) is 0 Å². The smallest absolute Gasteiger partial charge is 0.319 e. The van der Waals surface area contributed by atoms with Crippen LogP contribution in [0.2, 0.25) is 0 Å². The molecule has 0 fully saturated rings. The van der Waals surface area contributed by atoms with Crippen LogP contribution in [0.4, 0.5) is 10.5 Å². The number of ketones is 1. The lowest BCUT2D eigenvalue weighted by Gasteiger charge is -2.23. The zero-order valence-corrected chi connectivity index (χ0v) is 11.6. The van der Waals surface area contributed by atoms with E-state index >= 15 is 0 Å². The van der Waals surface area contributed by atoms with Gasteiger partial charge in [-0.1, -0.05) is 18.2 Å². The highest BCUT2D eigenvalue weighted by Gasteiger charge is 2.27. The van der Waals surface area contributed by atoms with Gasteiger partial charge in [0, 0.05) is 12.1 Å². The standard InChI is InChI=1S/C15H14N2O2S/c18-13-7-6-12(11-8-9-20-14(11)13)17-15(19)16-10-4-2-1-3-5-10/h1-5,8-9,12H,6-7H2,(H2,16,17,19). The third-order valence-corrected chi connectivity index (χ3v) is 4.29. The van der Waals surface area contributed by atoms with Crippen LogP contribution in [0, 0.1) is 0 Å². The van der Waals surface area contributed by atoms with Crippen LogP contribution < -0.4 is 10.6 Å². The molecule has 20 heavy (non-hydrogen) atoms. The number of Topliss-reactive ketones (excluding diaryl/α,β-unsaturated/α-hetero) is 1. The lowest BCUT2D eigenvalue weighted by Crippen LogP contribution is -2.34. The Bertz CT molecular complexity index is 636. The predicted molar refractivity (Wildman–Crippen MR) is 79.2 cm³/mol. The fourth-order valence-corrected chi connectivity index (χ4v) is 3.29. The number of para-hydroxylation sites is 1. The Balaban J connectivity index is 1.69. The average Bonchev–Trinajstić information content (AvgIpc) is 2.93. The number of hydrogen-bond acceptors (Lipinski definition) is 3. The summed E-state index contributed by atoms with van der Waals surface area (Å²) in [6.07, 6.45) is 1.15. The van der Waals surface area contributed by atoms with Crippen molar-refractivity contribution in [2.75, 3.05) is 5.32 Å². The molecule has 0 spiro atoms. The summed E-state index contributed by atoms with van der Waals surface area (Å²) in [5.41, 5.74) is 1.69. The van der Waals surface area contributed by atoms with Crippen molar-refractivity contribution in [3.63, 3.8) is 0 Å². The number of fused-ring (bicyclic) bond motifs is 1. The minimum absolute atomic E-state index is 0.0855. The fourth-order valence-electron chi connectivity index (χ4n) is 2.36. The lowest BCUT2D eigenvalue weighted by atomic mass is 9.93. The summed E-state index contributed by atoms with van der Waals surface area (Å²) < 4.78 is 0. The van der Waals surface area contributed by atoms with Gasteiger partial charge in [-0.15, -0.1) is 11.3 Å². The molecule has 4 nitrogen and oxygen atoms in total. The lowest BCUT2D eigenvalue weighted by molar-refractivity contribution is 0.0969. The first-order valence-corrected chi connectivity index (χ1v) is 7.35. The van der Waals surface area contributed by atoms with Gasteiger partial charge in [-0.05, 0) is 35.6 Å². The summed E-state index contributed by atoms with van der Waals surface area (Å²) in [5.74, 6) is 0.177. The van der Waals surface area contributed by atoms with Crippen molar-refractivity contribution >= 4 is 28.8 Å². The van der Waals surface area contributed by atoms with Gasteiger partial charge in [-0.3, -0.25) is 4.79 Å². The third-order valence-electron chi connectivity index (χ3n) is 3.32. The van der Waals surface area contributed by atoms with Crippen molar-refractivity contribution in [3.05, 3.63) is 52.2 Å². The van der Waals surface area contributed by atoms with Gasteiger partial charge in [0.05, 0.1) is 10.9 Å². The van der Waals surface area contributed by atoms with E-state index in [2.05, 4.69) is 10.6 Å². The minimum Gasteiger partial charge on any atom is -0.331 e. The summed E-state index contributed by atoms with van der Waals surface area (Å²) >= 11 is 1.45. The van der Waals surface area contributed by atoms with Gasteiger partial charge >= 0.3 is 6.03 Å². The van der Waals surface area contributed by atoms with Gasteiger partial charge in [-0.2, -0.15) is 0 Å². The molecule has 1 aromatic carbocycles. The summed E-state index contributed by atoms with van der Waals surface area (Å²) in [5, 5.41) is 7.63. The molecule has 0 radical (unpaired) electrons. The molecule has 2 amide bonds. The molecule has 5 heteroatoms. The molecule has 1 aliphatic carbocycles.